The second-order valence-corrected chi connectivity index (χ2v) is 6.42. The first kappa shape index (κ1) is 13.3. The van der Waals surface area contributed by atoms with Crippen molar-refractivity contribution in [1.29, 1.82) is 0 Å². The highest BCUT2D eigenvalue weighted by Gasteiger charge is 2.42. The molecular formula is C15H22FNO. The van der Waals surface area contributed by atoms with Gasteiger partial charge in [0.25, 0.3) is 0 Å². The van der Waals surface area contributed by atoms with Crippen molar-refractivity contribution in [2.24, 2.45) is 5.41 Å². The SMILES string of the molecule is Cc1cc(F)cc(NC2(CO)CCC(C)(C)C2)c1. The molecule has 0 spiro atoms. The van der Waals surface area contributed by atoms with Crippen LogP contribution in [0.15, 0.2) is 18.2 Å². The van der Waals surface area contributed by atoms with E-state index in [0.717, 1.165) is 30.5 Å². The van der Waals surface area contributed by atoms with Gasteiger partial charge in [-0.05, 0) is 55.4 Å². The molecule has 0 saturated heterocycles. The minimum absolute atomic E-state index is 0.0893. The van der Waals surface area contributed by atoms with Crippen molar-refractivity contribution in [3.8, 4) is 0 Å². The molecule has 0 heterocycles. The standard InChI is InChI=1S/C15H22FNO/c1-11-6-12(16)8-13(7-11)17-15(10-18)5-4-14(2,3)9-15/h6-8,17-18H,4-5,9-10H2,1-3H3. The first-order valence-electron chi connectivity index (χ1n) is 6.51. The van der Waals surface area contributed by atoms with Crippen LogP contribution < -0.4 is 5.32 Å². The van der Waals surface area contributed by atoms with E-state index in [1.165, 1.54) is 12.1 Å². The van der Waals surface area contributed by atoms with Gasteiger partial charge in [0.15, 0.2) is 0 Å². The number of hydrogen-bond donors (Lipinski definition) is 2. The van der Waals surface area contributed by atoms with E-state index in [1.807, 2.05) is 13.0 Å². The minimum Gasteiger partial charge on any atom is -0.394 e. The van der Waals surface area contributed by atoms with Crippen molar-refractivity contribution in [2.45, 2.75) is 45.6 Å². The molecule has 1 aliphatic carbocycles. The Bertz CT molecular complexity index is 424. The number of nitrogens with one attached hydrogen (secondary N) is 1. The van der Waals surface area contributed by atoms with Crippen LogP contribution in [0.3, 0.4) is 0 Å². The summed E-state index contributed by atoms with van der Waals surface area (Å²) in [7, 11) is 0. The summed E-state index contributed by atoms with van der Waals surface area (Å²) in [6, 6.07) is 4.93. The maximum atomic E-state index is 13.4. The molecule has 1 atom stereocenters. The van der Waals surface area contributed by atoms with Crippen LogP contribution in [0, 0.1) is 18.2 Å². The number of aliphatic hydroxyl groups is 1. The predicted octanol–water partition coefficient (Wildman–Crippen LogP) is 3.49. The van der Waals surface area contributed by atoms with Crippen molar-refractivity contribution in [3.63, 3.8) is 0 Å². The maximum absolute atomic E-state index is 13.4. The van der Waals surface area contributed by atoms with Gasteiger partial charge in [-0.3, -0.25) is 0 Å². The summed E-state index contributed by atoms with van der Waals surface area (Å²) in [6.45, 7) is 6.39. The Morgan fingerprint density at radius 3 is 2.50 bits per heavy atom. The van der Waals surface area contributed by atoms with E-state index in [2.05, 4.69) is 19.2 Å². The highest BCUT2D eigenvalue weighted by molar-refractivity contribution is 5.48. The first-order chi connectivity index (χ1) is 8.34. The molecule has 0 bridgehead atoms. The van der Waals surface area contributed by atoms with Crippen LogP contribution in [0.25, 0.3) is 0 Å². The molecule has 1 saturated carbocycles. The summed E-state index contributed by atoms with van der Waals surface area (Å²) >= 11 is 0. The molecule has 18 heavy (non-hydrogen) atoms. The lowest BCUT2D eigenvalue weighted by Gasteiger charge is -2.31. The molecule has 0 aliphatic heterocycles. The lowest BCUT2D eigenvalue weighted by Crippen LogP contribution is -2.40. The summed E-state index contributed by atoms with van der Waals surface area (Å²) < 4.78 is 13.4. The fourth-order valence-electron chi connectivity index (χ4n) is 3.07. The van der Waals surface area contributed by atoms with E-state index in [9.17, 15) is 9.50 Å². The Labute approximate surface area is 108 Å². The Morgan fingerprint density at radius 1 is 1.28 bits per heavy atom. The molecule has 100 valence electrons. The third-order valence-corrected chi connectivity index (χ3v) is 3.85. The third kappa shape index (κ3) is 2.83. The molecular weight excluding hydrogens is 229 g/mol. The topological polar surface area (TPSA) is 32.3 Å². The Morgan fingerprint density at radius 2 is 2.00 bits per heavy atom. The van der Waals surface area contributed by atoms with Crippen LogP contribution in [0.1, 0.15) is 38.7 Å². The third-order valence-electron chi connectivity index (χ3n) is 3.85. The average molecular weight is 251 g/mol. The van der Waals surface area contributed by atoms with Gasteiger partial charge in [0.05, 0.1) is 12.1 Å². The van der Waals surface area contributed by atoms with E-state index < -0.39 is 0 Å². The fraction of sp³-hybridized carbons (Fsp3) is 0.600. The van der Waals surface area contributed by atoms with Crippen molar-refractivity contribution < 1.29 is 9.50 Å². The zero-order chi connectivity index (χ0) is 13.4. The molecule has 1 unspecified atom stereocenters. The number of halogens is 1. The first-order valence-corrected chi connectivity index (χ1v) is 6.51. The zero-order valence-electron chi connectivity index (χ0n) is 11.4. The van der Waals surface area contributed by atoms with Gasteiger partial charge in [-0.25, -0.2) is 4.39 Å². The highest BCUT2D eigenvalue weighted by Crippen LogP contribution is 2.45. The highest BCUT2D eigenvalue weighted by atomic mass is 19.1. The van der Waals surface area contributed by atoms with Gasteiger partial charge in [-0.2, -0.15) is 0 Å². The van der Waals surface area contributed by atoms with Crippen molar-refractivity contribution in [1.82, 2.24) is 0 Å². The smallest absolute Gasteiger partial charge is 0.125 e. The summed E-state index contributed by atoms with van der Waals surface area (Å²) in [5.41, 5.74) is 1.59. The van der Waals surface area contributed by atoms with Gasteiger partial charge in [0.2, 0.25) is 0 Å². The van der Waals surface area contributed by atoms with Crippen molar-refractivity contribution >= 4 is 5.69 Å². The Hall–Kier alpha value is -1.09. The van der Waals surface area contributed by atoms with Crippen LogP contribution in [0.2, 0.25) is 0 Å². The van der Waals surface area contributed by atoms with Crippen LogP contribution in [-0.4, -0.2) is 17.3 Å². The molecule has 2 rings (SSSR count). The molecule has 1 aromatic rings. The second kappa shape index (κ2) is 4.54. The lowest BCUT2D eigenvalue weighted by atomic mass is 9.88. The number of aliphatic hydroxyl groups excluding tert-OH is 1. The lowest BCUT2D eigenvalue weighted by molar-refractivity contribution is 0.202. The molecule has 1 aliphatic rings. The quantitative estimate of drug-likeness (QED) is 0.862. The van der Waals surface area contributed by atoms with Gasteiger partial charge in [-0.15, -0.1) is 0 Å². The Balaban J connectivity index is 2.21. The Kier molecular flexibility index (Phi) is 3.37. The van der Waals surface area contributed by atoms with E-state index in [1.54, 1.807) is 0 Å². The van der Waals surface area contributed by atoms with Crippen LogP contribution >= 0.6 is 0 Å². The number of aryl methyl sites for hydroxylation is 1. The van der Waals surface area contributed by atoms with Gasteiger partial charge < -0.3 is 10.4 Å². The largest absolute Gasteiger partial charge is 0.394 e. The van der Waals surface area contributed by atoms with E-state index >= 15 is 0 Å². The molecule has 0 aromatic heterocycles. The molecule has 0 radical (unpaired) electrons. The maximum Gasteiger partial charge on any atom is 0.125 e. The molecule has 0 amide bonds. The average Bonchev–Trinajstić information content (AvgIpc) is 2.53. The molecule has 2 nitrogen and oxygen atoms in total. The van der Waals surface area contributed by atoms with Crippen LogP contribution in [0.4, 0.5) is 10.1 Å². The summed E-state index contributed by atoms with van der Waals surface area (Å²) in [5, 5.41) is 13.0. The minimum atomic E-state index is -0.302. The number of anilines is 1. The fourth-order valence-corrected chi connectivity index (χ4v) is 3.07. The van der Waals surface area contributed by atoms with Gasteiger partial charge in [0, 0.05) is 5.69 Å². The number of hydrogen-bond acceptors (Lipinski definition) is 2. The zero-order valence-corrected chi connectivity index (χ0v) is 11.4. The summed E-state index contributed by atoms with van der Waals surface area (Å²) in [4.78, 5) is 0. The van der Waals surface area contributed by atoms with E-state index in [0.29, 0.717) is 0 Å². The predicted molar refractivity (Wildman–Crippen MR) is 72.2 cm³/mol. The summed E-state index contributed by atoms with van der Waals surface area (Å²) in [5.74, 6) is -0.233. The number of benzene rings is 1. The van der Waals surface area contributed by atoms with E-state index in [4.69, 9.17) is 0 Å². The molecule has 3 heteroatoms. The second-order valence-electron chi connectivity index (χ2n) is 6.42. The van der Waals surface area contributed by atoms with Gasteiger partial charge >= 0.3 is 0 Å². The molecule has 2 N–H and O–H groups in total. The van der Waals surface area contributed by atoms with Crippen LogP contribution in [-0.2, 0) is 0 Å². The van der Waals surface area contributed by atoms with Crippen molar-refractivity contribution in [2.75, 3.05) is 11.9 Å². The van der Waals surface area contributed by atoms with Crippen LogP contribution in [0.5, 0.6) is 0 Å². The van der Waals surface area contributed by atoms with Crippen molar-refractivity contribution in [3.05, 3.63) is 29.6 Å². The monoisotopic (exact) mass is 251 g/mol. The van der Waals surface area contributed by atoms with E-state index in [-0.39, 0.29) is 23.4 Å². The van der Waals surface area contributed by atoms with Gasteiger partial charge in [-0.1, -0.05) is 13.8 Å². The summed E-state index contributed by atoms with van der Waals surface area (Å²) in [6.07, 6.45) is 2.91. The normalized spacial score (nSPS) is 26.3. The molecule has 1 fully saturated rings. The number of rotatable bonds is 3. The molecule has 1 aromatic carbocycles. The van der Waals surface area contributed by atoms with Gasteiger partial charge in [0.1, 0.15) is 5.82 Å².